The summed E-state index contributed by atoms with van der Waals surface area (Å²) in [5, 5.41) is 1.38. The number of rotatable bonds is 5. The van der Waals surface area contributed by atoms with Crippen LogP contribution in [0.3, 0.4) is 0 Å². The highest BCUT2D eigenvalue weighted by molar-refractivity contribution is 7.33. The Bertz CT molecular complexity index is 3850. The molecule has 0 atom stereocenters. The third-order valence-corrected chi connectivity index (χ3v) is 22.4. The Morgan fingerprint density at radius 3 is 1.30 bits per heavy atom. The lowest BCUT2D eigenvalue weighted by Crippen LogP contribution is -2.61. The van der Waals surface area contributed by atoms with E-state index in [1.165, 1.54) is 149 Å². The number of nitrogens with zero attached hydrogens (tertiary/aromatic N) is 3. The lowest BCUT2D eigenvalue weighted by molar-refractivity contribution is 0.332. The zero-order valence-corrected chi connectivity index (χ0v) is 54.0. The van der Waals surface area contributed by atoms with Crippen LogP contribution in [0.5, 0.6) is 0 Å². The van der Waals surface area contributed by atoms with Crippen LogP contribution < -0.4 is 30.4 Å². The zero-order chi connectivity index (χ0) is 58.4. The highest BCUT2D eigenvalue weighted by Crippen LogP contribution is 2.56. The van der Waals surface area contributed by atoms with E-state index >= 15 is 0 Å². The van der Waals surface area contributed by atoms with Crippen LogP contribution in [0.15, 0.2) is 127 Å². The minimum Gasteiger partial charge on any atom is -0.311 e. The van der Waals surface area contributed by atoms with Crippen LogP contribution in [-0.4, -0.2) is 6.71 Å². The van der Waals surface area contributed by atoms with Gasteiger partial charge in [0.05, 0.1) is 5.69 Å². The molecule has 1 aromatic heterocycles. The first-order valence-corrected chi connectivity index (χ1v) is 31.9. The summed E-state index contributed by atoms with van der Waals surface area (Å²) in [6.07, 6.45) is 7.09. The van der Waals surface area contributed by atoms with Crippen LogP contribution in [0.1, 0.15) is 213 Å². The standard InChI is InChI=1S/C77H90BN3S/c1-47-40-64-67-65(41-47)81(53-30-28-52(29-31-53)79(50-24-20-48(21-25-50)70(2,3)4)51-26-22-49(23-27-51)71(5,6)7)68-55-43-58-61(77(18,19)39-36-74(58,12)13)46-66(55)82-69(68)78(67)62-44-59-60(76(16,17)38-37-75(59,14)15)45-63(62)80(64)54-32-33-56-57(42-54)73(10,11)35-34-72(56,8)9/h20-33,40-46H,34-39H2,1-19H3. The number of hydrogen-bond donors (Lipinski definition) is 0. The predicted octanol–water partition coefficient (Wildman–Crippen LogP) is 20.4. The number of benzene rings is 7. The molecule has 422 valence electrons. The van der Waals surface area contributed by atoms with E-state index in [1.54, 1.807) is 0 Å². The van der Waals surface area contributed by atoms with Gasteiger partial charge in [0.15, 0.2) is 0 Å². The van der Waals surface area contributed by atoms with Crippen LogP contribution in [0.4, 0.5) is 51.2 Å². The summed E-state index contributed by atoms with van der Waals surface area (Å²) >= 11 is 2.07. The molecule has 3 heterocycles. The molecule has 5 heteroatoms. The Labute approximate surface area is 497 Å². The fourth-order valence-corrected chi connectivity index (χ4v) is 16.8. The number of thiophene rings is 1. The molecule has 0 unspecified atom stereocenters. The monoisotopic (exact) mass is 1100 g/mol. The fourth-order valence-electron chi connectivity index (χ4n) is 15.4. The van der Waals surface area contributed by atoms with Crippen molar-refractivity contribution in [1.82, 2.24) is 0 Å². The molecule has 0 amide bonds. The number of hydrogen-bond acceptors (Lipinski definition) is 4. The molecular formula is C77H90BN3S. The molecule has 0 spiro atoms. The molecule has 0 saturated heterocycles. The normalized spacial score (nSPS) is 19.4. The molecule has 0 radical (unpaired) electrons. The minimum absolute atomic E-state index is 0.0413. The second-order valence-electron chi connectivity index (χ2n) is 32.0. The topological polar surface area (TPSA) is 9.72 Å². The molecule has 82 heavy (non-hydrogen) atoms. The van der Waals surface area contributed by atoms with E-state index in [9.17, 15) is 0 Å². The highest BCUT2D eigenvalue weighted by Gasteiger charge is 2.49. The van der Waals surface area contributed by atoms with Gasteiger partial charge >= 0.3 is 0 Å². The molecule has 8 aromatic rings. The summed E-state index contributed by atoms with van der Waals surface area (Å²) in [5.74, 6) is 0. The van der Waals surface area contributed by atoms with E-state index in [0.717, 1.165) is 17.1 Å². The van der Waals surface area contributed by atoms with Crippen LogP contribution in [0, 0.1) is 6.92 Å². The molecule has 13 rings (SSSR count). The van der Waals surface area contributed by atoms with Gasteiger partial charge in [0, 0.05) is 60.4 Å². The summed E-state index contributed by atoms with van der Waals surface area (Å²) < 4.78 is 2.85. The zero-order valence-electron chi connectivity index (χ0n) is 53.2. The third-order valence-electron chi connectivity index (χ3n) is 21.2. The maximum atomic E-state index is 2.73. The van der Waals surface area contributed by atoms with Gasteiger partial charge in [0.2, 0.25) is 0 Å². The van der Waals surface area contributed by atoms with Gasteiger partial charge in [-0.15, -0.1) is 11.3 Å². The molecule has 0 fully saturated rings. The second-order valence-corrected chi connectivity index (χ2v) is 33.0. The third kappa shape index (κ3) is 8.60. The summed E-state index contributed by atoms with van der Waals surface area (Å²) in [7, 11) is 0. The van der Waals surface area contributed by atoms with Crippen LogP contribution >= 0.6 is 11.3 Å². The van der Waals surface area contributed by atoms with Crippen molar-refractivity contribution in [2.75, 3.05) is 14.7 Å². The van der Waals surface area contributed by atoms with Crippen molar-refractivity contribution in [2.45, 2.75) is 213 Å². The van der Waals surface area contributed by atoms with E-state index in [-0.39, 0.29) is 50.0 Å². The van der Waals surface area contributed by atoms with E-state index in [0.29, 0.717) is 0 Å². The Balaban J connectivity index is 1.08. The van der Waals surface area contributed by atoms with Crippen LogP contribution in [0.25, 0.3) is 10.1 Å². The highest BCUT2D eigenvalue weighted by atomic mass is 32.1. The van der Waals surface area contributed by atoms with Gasteiger partial charge in [0.25, 0.3) is 6.71 Å². The number of anilines is 9. The van der Waals surface area contributed by atoms with E-state index < -0.39 is 0 Å². The maximum absolute atomic E-state index is 2.73. The smallest absolute Gasteiger partial charge is 0.264 e. The maximum Gasteiger partial charge on any atom is 0.264 e. The summed E-state index contributed by atoms with van der Waals surface area (Å²) in [5.41, 5.74) is 27.6. The Morgan fingerprint density at radius 2 is 0.817 bits per heavy atom. The molecule has 3 aliphatic carbocycles. The largest absolute Gasteiger partial charge is 0.311 e. The average molecular weight is 1100 g/mol. The van der Waals surface area contributed by atoms with Gasteiger partial charge in [-0.25, -0.2) is 0 Å². The van der Waals surface area contributed by atoms with Crippen molar-refractivity contribution < 1.29 is 0 Å². The molecule has 7 aromatic carbocycles. The SMILES string of the molecule is Cc1cc2c3c(c1)N(c1ccc(N(c4ccc(C(C)(C)C)cc4)c4ccc(C(C)(C)C)cc4)cc1)c1c(sc4cc5c(cc14)C(C)(C)CCC5(C)C)B3c1cc3c(cc1N2c1ccc2c(c1)C(C)(C)CCC2(C)C)C(C)(C)CCC3(C)C. The van der Waals surface area contributed by atoms with Gasteiger partial charge in [-0.1, -0.05) is 161 Å². The van der Waals surface area contributed by atoms with E-state index in [1.807, 2.05) is 0 Å². The first-order valence-electron chi connectivity index (χ1n) is 31.1. The molecule has 0 bridgehead atoms. The van der Waals surface area contributed by atoms with Crippen LogP contribution in [0.2, 0.25) is 0 Å². The Kier molecular flexibility index (Phi) is 12.1. The quantitative estimate of drug-likeness (QED) is 0.159. The lowest BCUT2D eigenvalue weighted by Gasteiger charge is -2.47. The molecule has 0 N–H and O–H groups in total. The molecular weight excluding hydrogens is 1010 g/mol. The molecule has 2 aliphatic heterocycles. The fraction of sp³-hybridized carbons (Fsp3) is 0.429. The summed E-state index contributed by atoms with van der Waals surface area (Å²) in [6.45, 7) is 46.1. The summed E-state index contributed by atoms with van der Waals surface area (Å²) in [6, 6.07) is 51.6. The van der Waals surface area contributed by atoms with E-state index in [4.69, 9.17) is 0 Å². The molecule has 0 saturated carbocycles. The van der Waals surface area contributed by atoms with Crippen LogP contribution in [-0.2, 0) is 43.3 Å². The minimum atomic E-state index is 0.0413. The van der Waals surface area contributed by atoms with Crippen molar-refractivity contribution in [2.24, 2.45) is 0 Å². The lowest BCUT2D eigenvalue weighted by atomic mass is 9.35. The van der Waals surface area contributed by atoms with Crippen molar-refractivity contribution in [3.63, 3.8) is 0 Å². The Morgan fingerprint density at radius 1 is 0.415 bits per heavy atom. The van der Waals surface area contributed by atoms with E-state index in [2.05, 4.69) is 285 Å². The van der Waals surface area contributed by atoms with Gasteiger partial charge < -0.3 is 14.7 Å². The Hall–Kier alpha value is -6.04. The number of aryl methyl sites for hydroxylation is 1. The predicted molar refractivity (Wildman–Crippen MR) is 359 cm³/mol. The van der Waals surface area contributed by atoms with Crippen molar-refractivity contribution in [3.8, 4) is 0 Å². The summed E-state index contributed by atoms with van der Waals surface area (Å²) in [4.78, 5) is 7.89. The van der Waals surface area contributed by atoms with Gasteiger partial charge in [-0.3, -0.25) is 0 Å². The van der Waals surface area contributed by atoms with Crippen molar-refractivity contribution in [1.29, 1.82) is 0 Å². The van der Waals surface area contributed by atoms with Crippen molar-refractivity contribution >= 4 is 95.0 Å². The first-order chi connectivity index (χ1) is 38.3. The first kappa shape index (κ1) is 55.2. The second kappa shape index (κ2) is 18.0. The molecule has 3 nitrogen and oxygen atoms in total. The molecule has 5 aliphatic rings. The average Bonchev–Trinajstić information content (AvgIpc) is 1.59. The number of fused-ring (bicyclic) bond motifs is 9. The van der Waals surface area contributed by atoms with Crippen molar-refractivity contribution in [3.05, 3.63) is 177 Å². The van der Waals surface area contributed by atoms with Gasteiger partial charge in [0.1, 0.15) is 0 Å². The van der Waals surface area contributed by atoms with Gasteiger partial charge in [-0.05, 0) is 241 Å². The van der Waals surface area contributed by atoms with Gasteiger partial charge in [-0.2, -0.15) is 0 Å².